The van der Waals surface area contributed by atoms with Crippen LogP contribution < -0.4 is 14.2 Å². The Labute approximate surface area is 233 Å². The van der Waals surface area contributed by atoms with Gasteiger partial charge in [-0.15, -0.1) is 0 Å². The summed E-state index contributed by atoms with van der Waals surface area (Å²) in [4.78, 5) is 39.7. The number of amides is 2. The van der Waals surface area contributed by atoms with Crippen molar-refractivity contribution in [3.8, 4) is 17.2 Å². The van der Waals surface area contributed by atoms with Crippen LogP contribution in [-0.4, -0.2) is 42.3 Å². The first-order valence-electron chi connectivity index (χ1n) is 11.9. The van der Waals surface area contributed by atoms with Crippen molar-refractivity contribution in [3.63, 3.8) is 0 Å². The summed E-state index contributed by atoms with van der Waals surface area (Å²) in [5.74, 6) is 0.160. The fourth-order valence-electron chi connectivity index (χ4n) is 4.05. The fourth-order valence-corrected chi connectivity index (χ4v) is 5.10. The maximum atomic E-state index is 13.0. The van der Waals surface area contributed by atoms with E-state index in [2.05, 4.69) is 0 Å². The highest BCUT2D eigenvalue weighted by molar-refractivity contribution is 8.18. The molecule has 1 aliphatic rings. The highest BCUT2D eigenvalue weighted by Gasteiger charge is 2.35. The third-order valence-corrected chi connectivity index (χ3v) is 7.09. The second-order valence-electron chi connectivity index (χ2n) is 8.47. The Hall–Kier alpha value is -4.27. The van der Waals surface area contributed by atoms with Gasteiger partial charge in [-0.3, -0.25) is 14.5 Å². The van der Waals surface area contributed by atoms with Crippen molar-refractivity contribution < 1.29 is 28.6 Å². The highest BCUT2D eigenvalue weighted by atomic mass is 35.5. The van der Waals surface area contributed by atoms with Gasteiger partial charge in [-0.25, -0.2) is 4.79 Å². The third-order valence-electron chi connectivity index (χ3n) is 5.94. The summed E-state index contributed by atoms with van der Waals surface area (Å²) in [6.07, 6.45) is 1.58. The van der Waals surface area contributed by atoms with Crippen molar-refractivity contribution in [2.24, 2.45) is 0 Å². The molecule has 0 aromatic heterocycles. The molecular formula is C30H22ClNO6S. The molecule has 5 rings (SSSR count). The Kier molecular flexibility index (Phi) is 7.86. The van der Waals surface area contributed by atoms with E-state index in [0.717, 1.165) is 27.4 Å². The van der Waals surface area contributed by atoms with E-state index in [1.54, 1.807) is 42.5 Å². The Bertz CT molecular complexity index is 1610. The van der Waals surface area contributed by atoms with Crippen LogP contribution in [0.3, 0.4) is 0 Å². The fraction of sp³-hybridized carbons (Fsp3) is 0.100. The maximum Gasteiger partial charge on any atom is 0.343 e. The number of fused-ring (bicyclic) bond motifs is 1. The number of hydrogen-bond donors (Lipinski definition) is 0. The molecule has 2 amide bonds. The van der Waals surface area contributed by atoms with Crippen LogP contribution in [0.4, 0.5) is 4.79 Å². The van der Waals surface area contributed by atoms with Gasteiger partial charge in [0.2, 0.25) is 0 Å². The summed E-state index contributed by atoms with van der Waals surface area (Å²) in [5.41, 5.74) is 0.837. The smallest absolute Gasteiger partial charge is 0.343 e. The molecule has 0 bridgehead atoms. The quantitative estimate of drug-likeness (QED) is 0.133. The first-order chi connectivity index (χ1) is 18.9. The summed E-state index contributed by atoms with van der Waals surface area (Å²) in [6, 6.07) is 24.9. The van der Waals surface area contributed by atoms with E-state index in [-0.39, 0.29) is 34.6 Å². The zero-order valence-corrected chi connectivity index (χ0v) is 22.3. The van der Waals surface area contributed by atoms with Crippen LogP contribution in [0.2, 0.25) is 5.02 Å². The van der Waals surface area contributed by atoms with Gasteiger partial charge in [0.05, 0.1) is 24.1 Å². The van der Waals surface area contributed by atoms with E-state index < -0.39 is 11.9 Å². The van der Waals surface area contributed by atoms with E-state index in [1.807, 2.05) is 42.5 Å². The number of benzene rings is 4. The van der Waals surface area contributed by atoms with Crippen molar-refractivity contribution in [2.45, 2.75) is 0 Å². The van der Waals surface area contributed by atoms with Crippen LogP contribution in [0.15, 0.2) is 89.8 Å². The zero-order valence-electron chi connectivity index (χ0n) is 20.8. The summed E-state index contributed by atoms with van der Waals surface area (Å²) >= 11 is 6.82. The van der Waals surface area contributed by atoms with E-state index in [9.17, 15) is 14.4 Å². The number of methoxy groups -OCH3 is 1. The molecule has 0 atom stereocenters. The molecule has 0 radical (unpaired) electrons. The number of halogens is 1. The van der Waals surface area contributed by atoms with Crippen LogP contribution in [0.25, 0.3) is 16.8 Å². The molecule has 0 unspecified atom stereocenters. The average Bonchev–Trinajstić information content (AvgIpc) is 3.20. The van der Waals surface area contributed by atoms with Crippen LogP contribution in [0.5, 0.6) is 17.2 Å². The number of esters is 1. The molecule has 0 aliphatic carbocycles. The van der Waals surface area contributed by atoms with Gasteiger partial charge in [0.25, 0.3) is 11.1 Å². The number of thioether (sulfide) groups is 1. The number of nitrogens with zero attached hydrogens (tertiary/aromatic N) is 1. The van der Waals surface area contributed by atoms with Crippen molar-refractivity contribution in [2.75, 3.05) is 20.3 Å². The topological polar surface area (TPSA) is 82.1 Å². The average molecular weight is 560 g/mol. The Morgan fingerprint density at radius 2 is 1.72 bits per heavy atom. The van der Waals surface area contributed by atoms with Crippen LogP contribution in [0, 0.1) is 0 Å². The minimum absolute atomic E-state index is 0.107. The predicted octanol–water partition coefficient (Wildman–Crippen LogP) is 6.84. The largest absolute Gasteiger partial charge is 0.493 e. The lowest BCUT2D eigenvalue weighted by atomic mass is 10.1. The second kappa shape index (κ2) is 11.6. The van der Waals surface area contributed by atoms with E-state index in [4.69, 9.17) is 25.8 Å². The summed E-state index contributed by atoms with van der Waals surface area (Å²) in [5, 5.41) is 2.03. The van der Waals surface area contributed by atoms with Gasteiger partial charge in [0, 0.05) is 10.4 Å². The zero-order chi connectivity index (χ0) is 27.4. The summed E-state index contributed by atoms with van der Waals surface area (Å²) < 4.78 is 16.8. The molecule has 0 spiro atoms. The van der Waals surface area contributed by atoms with Crippen LogP contribution in [-0.2, 0) is 4.79 Å². The molecular weight excluding hydrogens is 538 g/mol. The normalized spacial score (nSPS) is 14.2. The summed E-state index contributed by atoms with van der Waals surface area (Å²) in [6.45, 7) is 0.266. The molecule has 1 aliphatic heterocycles. The van der Waals surface area contributed by atoms with Crippen molar-refractivity contribution in [3.05, 3.63) is 106 Å². The Balaban J connectivity index is 1.28. The number of imide groups is 1. The molecule has 0 N–H and O–H groups in total. The molecule has 9 heteroatoms. The van der Waals surface area contributed by atoms with Gasteiger partial charge in [-0.05, 0) is 65.2 Å². The third kappa shape index (κ3) is 5.92. The standard InChI is InChI=1S/C30H22ClNO6S/c1-36-25-13-12-19(16-26(25)38-29(34)21-8-4-9-22(31)18-21)17-27-28(33)32(30(35)39-27)14-15-37-24-11-5-7-20-6-2-3-10-23(20)24/h2-13,16-18H,14-15H2,1H3/b27-17-. The van der Waals surface area contributed by atoms with E-state index in [0.29, 0.717) is 22.1 Å². The minimum atomic E-state index is -0.612. The SMILES string of the molecule is COc1ccc(/C=C2\SC(=O)N(CCOc3cccc4ccccc34)C2=O)cc1OC(=O)c1cccc(Cl)c1. The second-order valence-corrected chi connectivity index (χ2v) is 9.90. The highest BCUT2D eigenvalue weighted by Crippen LogP contribution is 2.35. The lowest BCUT2D eigenvalue weighted by molar-refractivity contribution is -0.123. The molecule has 0 saturated carbocycles. The van der Waals surface area contributed by atoms with Crippen molar-refractivity contribution in [1.82, 2.24) is 4.90 Å². The first-order valence-corrected chi connectivity index (χ1v) is 13.1. The molecule has 4 aromatic carbocycles. The number of hydrogen-bond acceptors (Lipinski definition) is 7. The van der Waals surface area contributed by atoms with Gasteiger partial charge in [0.1, 0.15) is 12.4 Å². The van der Waals surface area contributed by atoms with Gasteiger partial charge in [0.15, 0.2) is 11.5 Å². The number of carbonyl (C=O) groups is 3. The minimum Gasteiger partial charge on any atom is -0.493 e. The predicted molar refractivity (Wildman–Crippen MR) is 152 cm³/mol. The lowest BCUT2D eigenvalue weighted by Gasteiger charge is -2.14. The molecule has 4 aromatic rings. The van der Waals surface area contributed by atoms with Crippen LogP contribution >= 0.6 is 23.4 Å². The van der Waals surface area contributed by atoms with E-state index in [1.165, 1.54) is 13.2 Å². The first kappa shape index (κ1) is 26.3. The molecule has 1 heterocycles. The molecule has 1 fully saturated rings. The number of rotatable bonds is 8. The molecule has 39 heavy (non-hydrogen) atoms. The molecule has 7 nitrogen and oxygen atoms in total. The molecule has 196 valence electrons. The number of ether oxygens (including phenoxy) is 3. The Morgan fingerprint density at radius 1 is 0.923 bits per heavy atom. The lowest BCUT2D eigenvalue weighted by Crippen LogP contribution is -2.32. The molecule has 1 saturated heterocycles. The number of carbonyl (C=O) groups excluding carboxylic acids is 3. The van der Waals surface area contributed by atoms with Gasteiger partial charge in [-0.2, -0.15) is 0 Å². The van der Waals surface area contributed by atoms with Gasteiger partial charge >= 0.3 is 5.97 Å². The Morgan fingerprint density at radius 3 is 2.54 bits per heavy atom. The van der Waals surface area contributed by atoms with E-state index >= 15 is 0 Å². The maximum absolute atomic E-state index is 13.0. The monoisotopic (exact) mass is 559 g/mol. The van der Waals surface area contributed by atoms with Crippen molar-refractivity contribution in [1.29, 1.82) is 0 Å². The van der Waals surface area contributed by atoms with Crippen LogP contribution in [0.1, 0.15) is 15.9 Å². The van der Waals surface area contributed by atoms with Gasteiger partial charge in [-0.1, -0.05) is 60.1 Å². The van der Waals surface area contributed by atoms with Gasteiger partial charge < -0.3 is 14.2 Å². The van der Waals surface area contributed by atoms with Crippen molar-refractivity contribution >= 4 is 57.3 Å². The summed E-state index contributed by atoms with van der Waals surface area (Å²) in [7, 11) is 1.46.